The van der Waals surface area contributed by atoms with Crippen LogP contribution in [-0.4, -0.2) is 19.4 Å². The van der Waals surface area contributed by atoms with Gasteiger partial charge in [0.2, 0.25) is 5.82 Å². The van der Waals surface area contributed by atoms with E-state index in [4.69, 9.17) is 0 Å². The predicted octanol–water partition coefficient (Wildman–Crippen LogP) is 3.41. The van der Waals surface area contributed by atoms with Crippen LogP contribution >= 0.6 is 22.6 Å². The van der Waals surface area contributed by atoms with Gasteiger partial charge in [-0.1, -0.05) is 0 Å². The number of imidazole rings is 1. The summed E-state index contributed by atoms with van der Waals surface area (Å²) in [5, 5.41) is 0. The van der Waals surface area contributed by atoms with E-state index in [2.05, 4.69) is 37.5 Å². The number of pyridine rings is 1. The molecule has 0 bridgehead atoms. The highest BCUT2D eigenvalue weighted by Crippen LogP contribution is 2.28. The summed E-state index contributed by atoms with van der Waals surface area (Å²) in [7, 11) is 0. The van der Waals surface area contributed by atoms with Crippen LogP contribution in [0, 0.1) is 3.70 Å². The maximum atomic E-state index is 12.6. The number of nitrogens with zero attached hydrogens (tertiary/aromatic N) is 4. The molecule has 102 valence electrons. The summed E-state index contributed by atoms with van der Waals surface area (Å²) in [5.41, 5.74) is 1.43. The summed E-state index contributed by atoms with van der Waals surface area (Å²) in [5.74, 6) is -1.15. The molecule has 8 heteroatoms. The third-order valence-corrected chi connectivity index (χ3v) is 3.47. The Kier molecular flexibility index (Phi) is 3.11. The molecule has 3 aromatic rings. The largest absolute Gasteiger partial charge is 0.451 e. The van der Waals surface area contributed by atoms with Crippen molar-refractivity contribution in [3.63, 3.8) is 0 Å². The van der Waals surface area contributed by atoms with E-state index in [1.54, 1.807) is 24.5 Å². The van der Waals surface area contributed by atoms with Crippen molar-refractivity contribution >= 4 is 28.2 Å². The van der Waals surface area contributed by atoms with Gasteiger partial charge in [-0.25, -0.2) is 15.0 Å². The van der Waals surface area contributed by atoms with Gasteiger partial charge in [-0.2, -0.15) is 13.2 Å². The topological polar surface area (TPSA) is 43.1 Å². The summed E-state index contributed by atoms with van der Waals surface area (Å²) in [4.78, 5) is 11.0. The summed E-state index contributed by atoms with van der Waals surface area (Å²) >= 11 is 2.12. The van der Waals surface area contributed by atoms with Gasteiger partial charge in [-0.15, -0.1) is 0 Å². The van der Waals surface area contributed by atoms with Crippen LogP contribution < -0.4 is 0 Å². The summed E-state index contributed by atoms with van der Waals surface area (Å²) in [6.07, 6.45) is -0.0247. The Morgan fingerprint density at radius 3 is 2.70 bits per heavy atom. The fraction of sp³-hybridized carbons (Fsp3) is 0.0833. The first-order chi connectivity index (χ1) is 9.45. The van der Waals surface area contributed by atoms with Crippen LogP contribution in [0.1, 0.15) is 5.82 Å². The second kappa shape index (κ2) is 4.69. The van der Waals surface area contributed by atoms with Crippen LogP contribution in [0.2, 0.25) is 0 Å². The SMILES string of the molecule is FC(F)(F)c1nccc(-c2ccn3c(I)cnc3c2)n1. The van der Waals surface area contributed by atoms with Crippen molar-refractivity contribution in [3.05, 3.63) is 46.3 Å². The van der Waals surface area contributed by atoms with E-state index in [1.807, 2.05) is 4.40 Å². The first-order valence-electron chi connectivity index (χ1n) is 5.48. The van der Waals surface area contributed by atoms with Crippen molar-refractivity contribution in [2.24, 2.45) is 0 Å². The molecule has 0 fully saturated rings. The zero-order valence-electron chi connectivity index (χ0n) is 9.76. The molecule has 0 aliphatic heterocycles. The van der Waals surface area contributed by atoms with Crippen molar-refractivity contribution in [3.8, 4) is 11.3 Å². The molecule has 3 heterocycles. The van der Waals surface area contributed by atoms with Gasteiger partial charge in [0.05, 0.1) is 11.9 Å². The standard InChI is InChI=1S/C12H6F3IN4/c13-12(14,15)11-17-3-1-8(19-11)7-2-4-20-9(16)6-18-10(20)5-7/h1-6H. The third-order valence-electron chi connectivity index (χ3n) is 2.67. The average molecular weight is 390 g/mol. The molecule has 0 aromatic carbocycles. The van der Waals surface area contributed by atoms with Crippen LogP contribution in [0.5, 0.6) is 0 Å². The minimum absolute atomic E-state index is 0.216. The van der Waals surface area contributed by atoms with Gasteiger partial charge in [0.1, 0.15) is 9.35 Å². The molecule has 0 aliphatic rings. The molecule has 0 atom stereocenters. The Bertz CT molecular complexity index is 782. The lowest BCUT2D eigenvalue weighted by atomic mass is 10.2. The number of fused-ring (bicyclic) bond motifs is 1. The predicted molar refractivity (Wildman–Crippen MR) is 73.9 cm³/mol. The maximum Gasteiger partial charge on any atom is 0.451 e. The first kappa shape index (κ1) is 13.3. The second-order valence-electron chi connectivity index (χ2n) is 3.99. The van der Waals surface area contributed by atoms with Crippen molar-refractivity contribution in [1.82, 2.24) is 19.4 Å². The van der Waals surface area contributed by atoms with Crippen LogP contribution in [0.4, 0.5) is 13.2 Å². The van der Waals surface area contributed by atoms with E-state index in [0.717, 1.165) is 9.90 Å². The maximum absolute atomic E-state index is 12.6. The third kappa shape index (κ3) is 2.35. The zero-order chi connectivity index (χ0) is 14.3. The minimum Gasteiger partial charge on any atom is -0.295 e. The fourth-order valence-electron chi connectivity index (χ4n) is 1.77. The highest BCUT2D eigenvalue weighted by molar-refractivity contribution is 14.1. The first-order valence-corrected chi connectivity index (χ1v) is 6.56. The Morgan fingerprint density at radius 1 is 1.15 bits per heavy atom. The number of rotatable bonds is 1. The number of hydrogen-bond acceptors (Lipinski definition) is 3. The molecule has 0 amide bonds. The monoisotopic (exact) mass is 390 g/mol. The molecule has 0 N–H and O–H groups in total. The fourth-order valence-corrected chi connectivity index (χ4v) is 2.31. The highest BCUT2D eigenvalue weighted by Gasteiger charge is 2.34. The number of alkyl halides is 3. The van der Waals surface area contributed by atoms with Gasteiger partial charge in [0, 0.05) is 18.0 Å². The van der Waals surface area contributed by atoms with Crippen molar-refractivity contribution in [2.45, 2.75) is 6.18 Å². The molecule has 0 unspecified atom stereocenters. The van der Waals surface area contributed by atoms with E-state index in [9.17, 15) is 13.2 Å². The van der Waals surface area contributed by atoms with Gasteiger partial charge < -0.3 is 0 Å². The van der Waals surface area contributed by atoms with E-state index < -0.39 is 12.0 Å². The smallest absolute Gasteiger partial charge is 0.295 e. The molecule has 0 radical (unpaired) electrons. The Balaban J connectivity index is 2.11. The van der Waals surface area contributed by atoms with Crippen molar-refractivity contribution in [1.29, 1.82) is 0 Å². The Hall–Kier alpha value is -1.71. The van der Waals surface area contributed by atoms with Crippen LogP contribution in [0.15, 0.2) is 36.8 Å². The molecule has 0 spiro atoms. The summed E-state index contributed by atoms with van der Waals surface area (Å²) in [6.45, 7) is 0. The van der Waals surface area contributed by atoms with E-state index >= 15 is 0 Å². The lowest BCUT2D eigenvalue weighted by Crippen LogP contribution is -2.11. The van der Waals surface area contributed by atoms with Gasteiger partial charge in [-0.05, 0) is 40.8 Å². The van der Waals surface area contributed by atoms with Gasteiger partial charge in [0.25, 0.3) is 0 Å². The van der Waals surface area contributed by atoms with Gasteiger partial charge in [0.15, 0.2) is 0 Å². The lowest BCUT2D eigenvalue weighted by Gasteiger charge is -2.07. The van der Waals surface area contributed by atoms with E-state index in [-0.39, 0.29) is 5.69 Å². The normalized spacial score (nSPS) is 12.0. The summed E-state index contributed by atoms with van der Waals surface area (Å²) < 4.78 is 40.5. The van der Waals surface area contributed by atoms with Gasteiger partial charge >= 0.3 is 6.18 Å². The average Bonchev–Trinajstić information content (AvgIpc) is 2.79. The summed E-state index contributed by atoms with van der Waals surface area (Å²) in [6, 6.07) is 4.82. The Labute approximate surface area is 124 Å². The minimum atomic E-state index is -4.55. The number of halogens is 4. The van der Waals surface area contributed by atoms with Crippen LogP contribution in [0.25, 0.3) is 16.9 Å². The molecule has 0 saturated heterocycles. The molecule has 4 nitrogen and oxygen atoms in total. The number of aromatic nitrogens is 4. The van der Waals surface area contributed by atoms with Crippen LogP contribution in [-0.2, 0) is 6.18 Å². The van der Waals surface area contributed by atoms with E-state index in [0.29, 0.717) is 11.2 Å². The number of hydrogen-bond donors (Lipinski definition) is 0. The molecule has 3 aromatic heterocycles. The Morgan fingerprint density at radius 2 is 1.95 bits per heavy atom. The van der Waals surface area contributed by atoms with Crippen LogP contribution in [0.3, 0.4) is 0 Å². The highest BCUT2D eigenvalue weighted by atomic mass is 127. The molecule has 0 saturated carbocycles. The van der Waals surface area contributed by atoms with Crippen molar-refractivity contribution < 1.29 is 13.2 Å². The molecule has 20 heavy (non-hydrogen) atoms. The zero-order valence-corrected chi connectivity index (χ0v) is 11.9. The second-order valence-corrected chi connectivity index (χ2v) is 5.09. The molecular formula is C12H6F3IN4. The lowest BCUT2D eigenvalue weighted by molar-refractivity contribution is -0.144. The van der Waals surface area contributed by atoms with Gasteiger partial charge in [-0.3, -0.25) is 4.40 Å². The van der Waals surface area contributed by atoms with Crippen molar-refractivity contribution in [2.75, 3.05) is 0 Å². The molecule has 3 rings (SSSR count). The molecular weight excluding hydrogens is 384 g/mol. The molecule has 0 aliphatic carbocycles. The van der Waals surface area contributed by atoms with E-state index in [1.165, 1.54) is 6.07 Å². The quantitative estimate of drug-likeness (QED) is 0.599.